The SMILES string of the molecule is CC/C=C(/C=C\c1cc(OCC(O)CF)ccc1C)c1ccc(NC(C)C)cc1. The molecule has 0 saturated heterocycles. The molecule has 0 aliphatic heterocycles. The first-order valence-corrected chi connectivity index (χ1v) is 10.2. The van der Waals surface area contributed by atoms with Gasteiger partial charge in [-0.25, -0.2) is 4.39 Å². The van der Waals surface area contributed by atoms with Crippen molar-refractivity contribution in [1.29, 1.82) is 0 Å². The maximum atomic E-state index is 12.4. The molecule has 2 aromatic rings. The van der Waals surface area contributed by atoms with Gasteiger partial charge in [-0.05, 0) is 73.7 Å². The fourth-order valence-electron chi connectivity index (χ4n) is 2.90. The lowest BCUT2D eigenvalue weighted by Crippen LogP contribution is -2.19. The highest BCUT2D eigenvalue weighted by Crippen LogP contribution is 2.24. The van der Waals surface area contributed by atoms with Crippen LogP contribution in [-0.4, -0.2) is 30.5 Å². The van der Waals surface area contributed by atoms with Crippen LogP contribution in [0.15, 0.2) is 54.6 Å². The first-order chi connectivity index (χ1) is 13.9. The van der Waals surface area contributed by atoms with Crippen LogP contribution in [0.25, 0.3) is 11.6 Å². The molecule has 0 saturated carbocycles. The van der Waals surface area contributed by atoms with E-state index >= 15 is 0 Å². The number of rotatable bonds is 10. The van der Waals surface area contributed by atoms with Gasteiger partial charge in [0.05, 0.1) is 0 Å². The summed E-state index contributed by atoms with van der Waals surface area (Å²) < 4.78 is 17.9. The van der Waals surface area contributed by atoms with Gasteiger partial charge >= 0.3 is 0 Å². The number of benzene rings is 2. The Morgan fingerprint density at radius 3 is 2.52 bits per heavy atom. The molecule has 1 unspecified atom stereocenters. The van der Waals surface area contributed by atoms with Crippen LogP contribution in [0.1, 0.15) is 43.9 Å². The molecule has 2 aromatic carbocycles. The Kier molecular flexibility index (Phi) is 8.94. The van der Waals surface area contributed by atoms with Crippen LogP contribution in [0.4, 0.5) is 10.1 Å². The van der Waals surface area contributed by atoms with Crippen LogP contribution in [0.2, 0.25) is 0 Å². The Hall–Kier alpha value is -2.59. The highest BCUT2D eigenvalue weighted by molar-refractivity contribution is 5.80. The first kappa shape index (κ1) is 22.7. The number of aryl methyl sites for hydroxylation is 1. The van der Waals surface area contributed by atoms with E-state index in [-0.39, 0.29) is 6.61 Å². The number of ether oxygens (including phenoxy) is 1. The summed E-state index contributed by atoms with van der Waals surface area (Å²) in [5.74, 6) is 0.618. The van der Waals surface area contributed by atoms with Crippen molar-refractivity contribution in [3.05, 3.63) is 71.3 Å². The summed E-state index contributed by atoms with van der Waals surface area (Å²) in [4.78, 5) is 0. The highest BCUT2D eigenvalue weighted by Gasteiger charge is 2.06. The van der Waals surface area contributed by atoms with Crippen LogP contribution in [0.3, 0.4) is 0 Å². The Labute approximate surface area is 173 Å². The minimum absolute atomic E-state index is 0.0551. The molecule has 0 fully saturated rings. The van der Waals surface area contributed by atoms with Crippen LogP contribution in [0.5, 0.6) is 5.75 Å². The van der Waals surface area contributed by atoms with E-state index in [9.17, 15) is 9.50 Å². The number of alkyl halides is 1. The fourth-order valence-corrected chi connectivity index (χ4v) is 2.90. The molecule has 3 nitrogen and oxygen atoms in total. The van der Waals surface area contributed by atoms with Crippen molar-refractivity contribution in [3.8, 4) is 5.75 Å². The summed E-state index contributed by atoms with van der Waals surface area (Å²) in [6, 6.07) is 14.6. The Bertz CT molecular complexity index is 825. The molecule has 0 radical (unpaired) electrons. The van der Waals surface area contributed by atoms with Crippen LogP contribution >= 0.6 is 0 Å². The van der Waals surface area contributed by atoms with E-state index in [1.165, 1.54) is 0 Å². The number of nitrogens with one attached hydrogen (secondary N) is 1. The van der Waals surface area contributed by atoms with E-state index in [0.717, 1.165) is 34.4 Å². The summed E-state index contributed by atoms with van der Waals surface area (Å²) in [6.07, 6.45) is 6.22. The van der Waals surface area contributed by atoms with E-state index in [4.69, 9.17) is 4.74 Å². The maximum absolute atomic E-state index is 12.4. The minimum Gasteiger partial charge on any atom is -0.491 e. The summed E-state index contributed by atoms with van der Waals surface area (Å²) in [6.45, 7) is 7.54. The lowest BCUT2D eigenvalue weighted by atomic mass is 10.0. The summed E-state index contributed by atoms with van der Waals surface area (Å²) in [7, 11) is 0. The second-order valence-electron chi connectivity index (χ2n) is 7.41. The number of hydrogen-bond donors (Lipinski definition) is 2. The van der Waals surface area contributed by atoms with Gasteiger partial charge in [0.25, 0.3) is 0 Å². The number of aliphatic hydroxyl groups excluding tert-OH is 1. The van der Waals surface area contributed by atoms with Gasteiger partial charge in [-0.2, -0.15) is 0 Å². The summed E-state index contributed by atoms with van der Waals surface area (Å²) in [5.41, 5.74) is 5.57. The molecule has 4 heteroatoms. The van der Waals surface area contributed by atoms with Gasteiger partial charge in [-0.3, -0.25) is 0 Å². The van der Waals surface area contributed by atoms with Gasteiger partial charge in [-0.1, -0.05) is 43.4 Å². The van der Waals surface area contributed by atoms with Crippen molar-refractivity contribution < 1.29 is 14.2 Å². The fraction of sp³-hybridized carbons (Fsp3) is 0.360. The predicted octanol–water partition coefficient (Wildman–Crippen LogP) is 6.03. The van der Waals surface area contributed by atoms with Crippen molar-refractivity contribution in [2.75, 3.05) is 18.6 Å². The maximum Gasteiger partial charge on any atom is 0.120 e. The van der Waals surface area contributed by atoms with Gasteiger partial charge in [0.15, 0.2) is 0 Å². The molecular weight excluding hydrogens is 365 g/mol. The zero-order valence-corrected chi connectivity index (χ0v) is 17.8. The third kappa shape index (κ3) is 7.39. The second-order valence-corrected chi connectivity index (χ2v) is 7.41. The molecule has 2 N–H and O–H groups in total. The number of aliphatic hydroxyl groups is 1. The number of halogens is 1. The molecule has 0 bridgehead atoms. The standard InChI is InChI=1S/C25H32FNO2/c1-5-6-20(21-10-12-23(13-11-21)27-18(2)3)8-9-22-15-25(14-7-19(22)4)29-17-24(28)16-26/h6-15,18,24,27-28H,5,16-17H2,1-4H3/b9-8-,20-6-. The van der Waals surface area contributed by atoms with Crippen molar-refractivity contribution in [2.45, 2.75) is 46.3 Å². The molecule has 0 spiro atoms. The zero-order chi connectivity index (χ0) is 21.2. The average molecular weight is 398 g/mol. The van der Waals surface area contributed by atoms with Crippen molar-refractivity contribution in [3.63, 3.8) is 0 Å². The first-order valence-electron chi connectivity index (χ1n) is 10.2. The molecule has 0 heterocycles. The highest BCUT2D eigenvalue weighted by atomic mass is 19.1. The quantitative estimate of drug-likeness (QED) is 0.481. The van der Waals surface area contributed by atoms with Crippen molar-refractivity contribution in [2.24, 2.45) is 0 Å². The third-order valence-corrected chi connectivity index (χ3v) is 4.41. The normalized spacial score (nSPS) is 13.1. The lowest BCUT2D eigenvalue weighted by molar-refractivity contribution is 0.0842. The van der Waals surface area contributed by atoms with E-state index in [0.29, 0.717) is 11.8 Å². The van der Waals surface area contributed by atoms with Crippen molar-refractivity contribution in [1.82, 2.24) is 0 Å². The van der Waals surface area contributed by atoms with Gasteiger partial charge in [0.2, 0.25) is 0 Å². The Morgan fingerprint density at radius 2 is 1.90 bits per heavy atom. The van der Waals surface area contributed by atoms with Gasteiger partial charge in [0.1, 0.15) is 25.1 Å². The van der Waals surface area contributed by atoms with Gasteiger partial charge in [-0.15, -0.1) is 0 Å². The minimum atomic E-state index is -1.09. The largest absolute Gasteiger partial charge is 0.491 e. The molecule has 29 heavy (non-hydrogen) atoms. The average Bonchev–Trinajstić information content (AvgIpc) is 2.71. The lowest BCUT2D eigenvalue weighted by Gasteiger charge is -2.12. The van der Waals surface area contributed by atoms with E-state index in [2.05, 4.69) is 68.6 Å². The van der Waals surface area contributed by atoms with Crippen LogP contribution in [-0.2, 0) is 0 Å². The molecule has 0 amide bonds. The number of allylic oxidation sites excluding steroid dienone is 3. The number of hydrogen-bond acceptors (Lipinski definition) is 3. The second kappa shape index (κ2) is 11.4. The molecular formula is C25H32FNO2. The topological polar surface area (TPSA) is 41.5 Å². The van der Waals surface area contributed by atoms with E-state index < -0.39 is 12.8 Å². The Morgan fingerprint density at radius 1 is 1.17 bits per heavy atom. The zero-order valence-electron chi connectivity index (χ0n) is 17.8. The molecule has 0 aliphatic rings. The van der Waals surface area contributed by atoms with Crippen LogP contribution in [0, 0.1) is 6.92 Å². The monoisotopic (exact) mass is 397 g/mol. The molecule has 2 rings (SSSR count). The van der Waals surface area contributed by atoms with Gasteiger partial charge in [0, 0.05) is 11.7 Å². The smallest absolute Gasteiger partial charge is 0.120 e. The molecule has 1 atom stereocenters. The Balaban J connectivity index is 2.19. The van der Waals surface area contributed by atoms with Crippen LogP contribution < -0.4 is 10.1 Å². The van der Waals surface area contributed by atoms with E-state index in [1.807, 2.05) is 25.1 Å². The van der Waals surface area contributed by atoms with E-state index in [1.54, 1.807) is 0 Å². The predicted molar refractivity (Wildman–Crippen MR) is 121 cm³/mol. The molecule has 0 aromatic heterocycles. The third-order valence-electron chi connectivity index (χ3n) is 4.41. The van der Waals surface area contributed by atoms with Crippen molar-refractivity contribution >= 4 is 17.3 Å². The number of anilines is 1. The van der Waals surface area contributed by atoms with Gasteiger partial charge < -0.3 is 15.2 Å². The summed E-state index contributed by atoms with van der Waals surface area (Å²) in [5, 5.41) is 12.8. The molecule has 0 aliphatic carbocycles. The summed E-state index contributed by atoms with van der Waals surface area (Å²) >= 11 is 0. The molecule has 156 valence electrons.